The third kappa shape index (κ3) is 6.92. The molecular formula is C16H34N4S. The summed E-state index contributed by atoms with van der Waals surface area (Å²) in [6.07, 6.45) is 4.56. The van der Waals surface area contributed by atoms with E-state index in [1.54, 1.807) is 0 Å². The van der Waals surface area contributed by atoms with Crippen molar-refractivity contribution in [2.75, 3.05) is 32.4 Å². The van der Waals surface area contributed by atoms with Crippen molar-refractivity contribution in [2.45, 2.75) is 64.3 Å². The van der Waals surface area contributed by atoms with Crippen molar-refractivity contribution in [3.63, 3.8) is 0 Å². The van der Waals surface area contributed by atoms with Crippen LogP contribution in [0.2, 0.25) is 0 Å². The number of hydrogen-bond acceptors (Lipinski definition) is 3. The van der Waals surface area contributed by atoms with Gasteiger partial charge in [-0.05, 0) is 53.7 Å². The highest BCUT2D eigenvalue weighted by Gasteiger charge is 2.22. The van der Waals surface area contributed by atoms with E-state index in [2.05, 4.69) is 56.4 Å². The van der Waals surface area contributed by atoms with Crippen LogP contribution in [-0.2, 0) is 0 Å². The van der Waals surface area contributed by atoms with E-state index in [1.807, 2.05) is 11.8 Å². The highest BCUT2D eigenvalue weighted by atomic mass is 32.2. The normalized spacial score (nSPS) is 19.1. The Bertz CT molecular complexity index is 320. The van der Waals surface area contributed by atoms with Crippen LogP contribution in [0.25, 0.3) is 0 Å². The topological polar surface area (TPSA) is 39.7 Å². The Balaban J connectivity index is 2.50. The molecule has 1 saturated heterocycles. The molecule has 1 aliphatic rings. The van der Waals surface area contributed by atoms with Gasteiger partial charge in [-0.25, -0.2) is 0 Å². The molecule has 0 aromatic rings. The minimum absolute atomic E-state index is 0.198. The number of guanidine groups is 1. The zero-order chi connectivity index (χ0) is 15.9. The molecule has 21 heavy (non-hydrogen) atoms. The Morgan fingerprint density at radius 3 is 2.43 bits per heavy atom. The second-order valence-corrected chi connectivity index (χ2v) is 8.22. The monoisotopic (exact) mass is 314 g/mol. The van der Waals surface area contributed by atoms with E-state index in [0.29, 0.717) is 12.1 Å². The summed E-state index contributed by atoms with van der Waals surface area (Å²) < 4.78 is 0.198. The lowest BCUT2D eigenvalue weighted by Gasteiger charge is -2.35. The Kier molecular flexibility index (Phi) is 7.88. The Morgan fingerprint density at radius 1 is 1.33 bits per heavy atom. The van der Waals surface area contributed by atoms with E-state index in [4.69, 9.17) is 4.99 Å². The maximum atomic E-state index is 4.76. The second kappa shape index (κ2) is 8.89. The molecule has 0 aromatic carbocycles. The molecule has 1 fully saturated rings. The molecule has 5 heteroatoms. The van der Waals surface area contributed by atoms with Crippen LogP contribution in [0.4, 0.5) is 0 Å². The number of nitrogens with one attached hydrogen (secondary N) is 2. The highest BCUT2D eigenvalue weighted by molar-refractivity contribution is 7.99. The van der Waals surface area contributed by atoms with Crippen molar-refractivity contribution in [1.82, 2.24) is 15.5 Å². The first-order valence-corrected chi connectivity index (χ1v) is 9.44. The second-order valence-electron chi connectivity index (χ2n) is 6.71. The zero-order valence-electron chi connectivity index (χ0n) is 14.7. The van der Waals surface area contributed by atoms with Crippen LogP contribution in [-0.4, -0.2) is 60.1 Å². The fourth-order valence-corrected chi connectivity index (χ4v) is 2.60. The lowest BCUT2D eigenvalue weighted by Crippen LogP contribution is -2.50. The van der Waals surface area contributed by atoms with Gasteiger partial charge >= 0.3 is 0 Å². The van der Waals surface area contributed by atoms with Crippen LogP contribution in [0.5, 0.6) is 0 Å². The largest absolute Gasteiger partial charge is 0.357 e. The van der Waals surface area contributed by atoms with Gasteiger partial charge in [-0.2, -0.15) is 11.8 Å². The first-order chi connectivity index (χ1) is 9.88. The maximum absolute atomic E-state index is 4.76. The van der Waals surface area contributed by atoms with E-state index in [1.165, 1.54) is 25.9 Å². The first kappa shape index (κ1) is 18.6. The summed E-state index contributed by atoms with van der Waals surface area (Å²) in [5.41, 5.74) is 0. The summed E-state index contributed by atoms with van der Waals surface area (Å²) in [7, 11) is 0. The number of rotatable bonds is 6. The van der Waals surface area contributed by atoms with E-state index in [-0.39, 0.29) is 4.75 Å². The van der Waals surface area contributed by atoms with Crippen LogP contribution >= 0.6 is 11.8 Å². The number of nitrogens with zero attached hydrogens (tertiary/aromatic N) is 2. The van der Waals surface area contributed by atoms with Crippen molar-refractivity contribution in [1.29, 1.82) is 0 Å². The molecule has 124 valence electrons. The van der Waals surface area contributed by atoms with E-state index in [9.17, 15) is 0 Å². The number of likely N-dealkylation sites (tertiary alicyclic amines) is 1. The van der Waals surface area contributed by atoms with Crippen molar-refractivity contribution >= 4 is 17.7 Å². The summed E-state index contributed by atoms with van der Waals surface area (Å²) in [4.78, 5) is 7.32. The van der Waals surface area contributed by atoms with Gasteiger partial charge in [0.05, 0.1) is 6.54 Å². The average molecular weight is 315 g/mol. The molecule has 2 N–H and O–H groups in total. The fraction of sp³-hybridized carbons (Fsp3) is 0.938. The highest BCUT2D eigenvalue weighted by Crippen LogP contribution is 2.21. The summed E-state index contributed by atoms with van der Waals surface area (Å²) in [5.74, 6) is 0.975. The van der Waals surface area contributed by atoms with E-state index >= 15 is 0 Å². The summed E-state index contributed by atoms with van der Waals surface area (Å²) >= 11 is 1.87. The zero-order valence-corrected chi connectivity index (χ0v) is 15.5. The predicted octanol–water partition coefficient (Wildman–Crippen LogP) is 2.56. The average Bonchev–Trinajstić information content (AvgIpc) is 2.46. The van der Waals surface area contributed by atoms with Crippen LogP contribution in [0.1, 0.15) is 47.5 Å². The fourth-order valence-electron chi connectivity index (χ4n) is 2.41. The van der Waals surface area contributed by atoms with Crippen LogP contribution < -0.4 is 10.6 Å². The molecular weight excluding hydrogens is 280 g/mol. The Hall–Kier alpha value is -0.420. The van der Waals surface area contributed by atoms with Gasteiger partial charge in [-0.15, -0.1) is 0 Å². The smallest absolute Gasteiger partial charge is 0.191 e. The Labute approximate surface area is 135 Å². The molecule has 0 saturated carbocycles. The molecule has 0 spiro atoms. The lowest BCUT2D eigenvalue weighted by atomic mass is 10.0. The Morgan fingerprint density at radius 2 is 1.95 bits per heavy atom. The van der Waals surface area contributed by atoms with Gasteiger partial charge in [-0.1, -0.05) is 0 Å². The summed E-state index contributed by atoms with van der Waals surface area (Å²) in [6, 6.07) is 1.21. The van der Waals surface area contributed by atoms with E-state index in [0.717, 1.165) is 19.0 Å². The summed E-state index contributed by atoms with van der Waals surface area (Å²) in [6.45, 7) is 15.3. The molecule has 0 amide bonds. The minimum atomic E-state index is 0.198. The molecule has 0 unspecified atom stereocenters. The standard InChI is InChI=1S/C16H34N4S/c1-7-17-15(18-12-16(4,5)21-6)19-14-8-10-20(11-9-14)13(2)3/h13-14H,7-12H2,1-6H3,(H2,17,18,19). The quantitative estimate of drug-likeness (QED) is 0.584. The molecule has 0 bridgehead atoms. The third-order valence-corrected chi connectivity index (χ3v) is 5.35. The van der Waals surface area contributed by atoms with Gasteiger partial charge in [0.1, 0.15) is 0 Å². The van der Waals surface area contributed by atoms with Crippen molar-refractivity contribution < 1.29 is 0 Å². The van der Waals surface area contributed by atoms with E-state index < -0.39 is 0 Å². The SMILES string of the molecule is CCNC(=NCC(C)(C)SC)NC1CCN(C(C)C)CC1. The van der Waals surface area contributed by atoms with Gasteiger partial charge in [0, 0.05) is 36.5 Å². The van der Waals surface area contributed by atoms with Gasteiger partial charge in [-0.3, -0.25) is 4.99 Å². The van der Waals surface area contributed by atoms with Crippen molar-refractivity contribution in [3.8, 4) is 0 Å². The maximum Gasteiger partial charge on any atom is 0.191 e. The van der Waals surface area contributed by atoms with Gasteiger partial charge in [0.25, 0.3) is 0 Å². The molecule has 1 heterocycles. The van der Waals surface area contributed by atoms with Crippen molar-refractivity contribution in [3.05, 3.63) is 0 Å². The lowest BCUT2D eigenvalue weighted by molar-refractivity contribution is 0.167. The molecule has 1 rings (SSSR count). The number of aliphatic imine (C=N–C) groups is 1. The molecule has 0 aliphatic carbocycles. The van der Waals surface area contributed by atoms with Crippen LogP contribution in [0, 0.1) is 0 Å². The molecule has 1 aliphatic heterocycles. The number of thioether (sulfide) groups is 1. The molecule has 4 nitrogen and oxygen atoms in total. The van der Waals surface area contributed by atoms with Crippen LogP contribution in [0.15, 0.2) is 4.99 Å². The van der Waals surface area contributed by atoms with Crippen LogP contribution in [0.3, 0.4) is 0 Å². The van der Waals surface area contributed by atoms with Crippen molar-refractivity contribution in [2.24, 2.45) is 4.99 Å². The number of hydrogen-bond donors (Lipinski definition) is 2. The minimum Gasteiger partial charge on any atom is -0.357 e. The molecule has 0 aromatic heterocycles. The summed E-state index contributed by atoms with van der Waals surface area (Å²) in [5, 5.41) is 6.99. The molecule has 0 atom stereocenters. The predicted molar refractivity (Wildman–Crippen MR) is 96.4 cm³/mol. The molecule has 0 radical (unpaired) electrons. The third-order valence-electron chi connectivity index (χ3n) is 4.12. The van der Waals surface area contributed by atoms with Gasteiger partial charge in [0.2, 0.25) is 0 Å². The van der Waals surface area contributed by atoms with Gasteiger partial charge < -0.3 is 15.5 Å². The van der Waals surface area contributed by atoms with Gasteiger partial charge in [0.15, 0.2) is 5.96 Å². The number of piperidine rings is 1. The first-order valence-electron chi connectivity index (χ1n) is 8.22.